The molecule has 0 aliphatic heterocycles. The second-order valence-electron chi connectivity index (χ2n) is 4.69. The topological polar surface area (TPSA) is 33.3 Å². The third-order valence-electron chi connectivity index (χ3n) is 3.15. The Kier molecular flexibility index (Phi) is 5.74. The van der Waals surface area contributed by atoms with Crippen LogP contribution in [0.1, 0.15) is 18.5 Å². The molecule has 2 N–H and O–H groups in total. The Morgan fingerprint density at radius 3 is 2.64 bits per heavy atom. The Morgan fingerprint density at radius 2 is 2.00 bits per heavy atom. The van der Waals surface area contributed by atoms with E-state index < -0.39 is 0 Å². The highest BCUT2D eigenvalue weighted by Crippen LogP contribution is 2.28. The minimum absolute atomic E-state index is 0.0334. The largest absolute Gasteiger partial charge is 0.496 e. The molecule has 1 atom stereocenters. The van der Waals surface area contributed by atoms with E-state index in [0.29, 0.717) is 10.8 Å². The lowest BCUT2D eigenvalue weighted by Gasteiger charge is -2.18. The van der Waals surface area contributed by atoms with Crippen molar-refractivity contribution in [1.82, 2.24) is 5.32 Å². The molecule has 116 valence electrons. The van der Waals surface area contributed by atoms with Crippen molar-refractivity contribution in [3.8, 4) is 5.75 Å². The second-order valence-corrected chi connectivity index (χ2v) is 5.96. The van der Waals surface area contributed by atoms with Gasteiger partial charge in [-0.3, -0.25) is 0 Å². The third-order valence-corrected chi connectivity index (χ3v) is 3.99. The van der Waals surface area contributed by atoms with Crippen molar-refractivity contribution in [2.24, 2.45) is 0 Å². The molecular weight excluding hydrogens is 367 g/mol. The Morgan fingerprint density at radius 1 is 1.27 bits per heavy atom. The van der Waals surface area contributed by atoms with Gasteiger partial charge in [-0.25, -0.2) is 4.39 Å². The van der Waals surface area contributed by atoms with Gasteiger partial charge in [0, 0.05) is 0 Å². The summed E-state index contributed by atoms with van der Waals surface area (Å²) in [5.74, 6) is 0.425. The van der Waals surface area contributed by atoms with E-state index in [0.717, 1.165) is 15.8 Å². The molecule has 2 rings (SSSR count). The molecule has 0 spiro atoms. The number of anilines is 1. The van der Waals surface area contributed by atoms with Gasteiger partial charge in [-0.1, -0.05) is 18.2 Å². The van der Waals surface area contributed by atoms with Crippen LogP contribution in [0.4, 0.5) is 10.1 Å². The number of hydrogen-bond donors (Lipinski definition) is 2. The highest BCUT2D eigenvalue weighted by Gasteiger charge is 2.10. The lowest BCUT2D eigenvalue weighted by Crippen LogP contribution is -2.31. The van der Waals surface area contributed by atoms with Gasteiger partial charge in [-0.2, -0.15) is 0 Å². The molecule has 0 radical (unpaired) electrons. The number of hydrogen-bond acceptors (Lipinski definition) is 2. The average Bonchev–Trinajstić information content (AvgIpc) is 2.49. The first-order chi connectivity index (χ1) is 10.5. The van der Waals surface area contributed by atoms with Gasteiger partial charge in [0.15, 0.2) is 5.11 Å². The first-order valence-corrected chi connectivity index (χ1v) is 7.87. The summed E-state index contributed by atoms with van der Waals surface area (Å²) in [5.41, 5.74) is 1.38. The van der Waals surface area contributed by atoms with Crippen LogP contribution < -0.4 is 15.4 Å². The van der Waals surface area contributed by atoms with Crippen LogP contribution in [0, 0.1) is 5.82 Å². The molecule has 0 saturated carbocycles. The molecule has 2 aromatic carbocycles. The predicted octanol–water partition coefficient (Wildman–Crippen LogP) is 4.64. The van der Waals surface area contributed by atoms with Crippen LogP contribution >= 0.6 is 28.1 Å². The lowest BCUT2D eigenvalue weighted by molar-refractivity contribution is 0.412. The molecule has 0 aliphatic carbocycles. The SMILES string of the molecule is COc1ccc([C@H](C)NC(=S)Nc2ccccc2F)cc1Br. The van der Waals surface area contributed by atoms with Crippen LogP contribution in [0.3, 0.4) is 0 Å². The van der Waals surface area contributed by atoms with Crippen LogP contribution in [0.5, 0.6) is 5.75 Å². The van der Waals surface area contributed by atoms with E-state index in [1.807, 2.05) is 25.1 Å². The number of methoxy groups -OCH3 is 1. The van der Waals surface area contributed by atoms with Crippen LogP contribution in [0.15, 0.2) is 46.9 Å². The zero-order chi connectivity index (χ0) is 16.1. The van der Waals surface area contributed by atoms with Crippen molar-refractivity contribution in [3.05, 3.63) is 58.3 Å². The van der Waals surface area contributed by atoms with Gasteiger partial charge in [0.25, 0.3) is 0 Å². The number of nitrogens with one attached hydrogen (secondary N) is 2. The van der Waals surface area contributed by atoms with Crippen LogP contribution in [0.2, 0.25) is 0 Å². The molecule has 22 heavy (non-hydrogen) atoms. The molecule has 3 nitrogen and oxygen atoms in total. The molecule has 0 fully saturated rings. The lowest BCUT2D eigenvalue weighted by atomic mass is 10.1. The maximum absolute atomic E-state index is 13.6. The Hall–Kier alpha value is -1.66. The second kappa shape index (κ2) is 7.56. The maximum Gasteiger partial charge on any atom is 0.171 e. The highest BCUT2D eigenvalue weighted by molar-refractivity contribution is 9.10. The molecule has 2 aromatic rings. The van der Waals surface area contributed by atoms with Crippen molar-refractivity contribution in [2.75, 3.05) is 12.4 Å². The molecule has 6 heteroatoms. The normalized spacial score (nSPS) is 11.6. The summed E-state index contributed by atoms with van der Waals surface area (Å²) in [6, 6.07) is 12.2. The van der Waals surface area contributed by atoms with E-state index in [-0.39, 0.29) is 11.9 Å². The summed E-state index contributed by atoms with van der Waals surface area (Å²) in [4.78, 5) is 0. The number of ether oxygens (including phenoxy) is 1. The number of thiocarbonyl (C=S) groups is 1. The Balaban J connectivity index is 2.02. The molecule has 0 saturated heterocycles. The smallest absolute Gasteiger partial charge is 0.171 e. The summed E-state index contributed by atoms with van der Waals surface area (Å²) in [6.07, 6.45) is 0. The zero-order valence-electron chi connectivity index (χ0n) is 12.2. The van der Waals surface area contributed by atoms with E-state index in [1.54, 1.807) is 25.3 Å². The molecule has 0 aromatic heterocycles. The van der Waals surface area contributed by atoms with Gasteiger partial charge in [-0.15, -0.1) is 0 Å². The molecule has 0 heterocycles. The highest BCUT2D eigenvalue weighted by atomic mass is 79.9. The minimum Gasteiger partial charge on any atom is -0.496 e. The van der Waals surface area contributed by atoms with E-state index in [2.05, 4.69) is 26.6 Å². The number of para-hydroxylation sites is 1. The van der Waals surface area contributed by atoms with Gasteiger partial charge in [0.1, 0.15) is 11.6 Å². The zero-order valence-corrected chi connectivity index (χ0v) is 14.6. The van der Waals surface area contributed by atoms with Crippen molar-refractivity contribution in [1.29, 1.82) is 0 Å². The Labute approximate surface area is 143 Å². The maximum atomic E-state index is 13.6. The summed E-state index contributed by atoms with van der Waals surface area (Å²) >= 11 is 8.68. The number of benzene rings is 2. The van der Waals surface area contributed by atoms with Gasteiger partial charge >= 0.3 is 0 Å². The van der Waals surface area contributed by atoms with Crippen LogP contribution in [-0.2, 0) is 0 Å². The minimum atomic E-state index is -0.341. The van der Waals surface area contributed by atoms with E-state index in [9.17, 15) is 4.39 Å². The molecule has 0 bridgehead atoms. The number of rotatable bonds is 4. The molecule has 0 aliphatic rings. The fourth-order valence-corrected chi connectivity index (χ4v) is 2.80. The summed E-state index contributed by atoms with van der Waals surface area (Å²) in [5, 5.41) is 6.35. The summed E-state index contributed by atoms with van der Waals surface area (Å²) in [7, 11) is 1.62. The van der Waals surface area contributed by atoms with Crippen LogP contribution in [0.25, 0.3) is 0 Å². The van der Waals surface area contributed by atoms with Gasteiger partial charge < -0.3 is 15.4 Å². The molecule has 0 unspecified atom stereocenters. The van der Waals surface area contributed by atoms with Crippen molar-refractivity contribution >= 4 is 38.9 Å². The molecular formula is C16H16BrFN2OS. The van der Waals surface area contributed by atoms with Crippen molar-refractivity contribution in [2.45, 2.75) is 13.0 Å². The predicted molar refractivity (Wildman–Crippen MR) is 94.9 cm³/mol. The van der Waals surface area contributed by atoms with E-state index in [1.165, 1.54) is 6.07 Å². The van der Waals surface area contributed by atoms with Gasteiger partial charge in [-0.05, 0) is 64.9 Å². The first kappa shape index (κ1) is 16.7. The average molecular weight is 383 g/mol. The quantitative estimate of drug-likeness (QED) is 0.754. The van der Waals surface area contributed by atoms with Crippen molar-refractivity contribution < 1.29 is 9.13 Å². The fourth-order valence-electron chi connectivity index (χ4n) is 1.95. The first-order valence-electron chi connectivity index (χ1n) is 6.66. The van der Waals surface area contributed by atoms with E-state index in [4.69, 9.17) is 17.0 Å². The standard InChI is InChI=1S/C16H16BrFN2OS/c1-10(11-7-8-15(21-2)12(17)9-11)19-16(22)20-14-6-4-3-5-13(14)18/h3-10H,1-2H3,(H2,19,20,22)/t10-/m0/s1. The van der Waals surface area contributed by atoms with E-state index >= 15 is 0 Å². The third kappa shape index (κ3) is 4.18. The van der Waals surface area contributed by atoms with Crippen molar-refractivity contribution in [3.63, 3.8) is 0 Å². The van der Waals surface area contributed by atoms with Crippen LogP contribution in [-0.4, -0.2) is 12.2 Å². The van der Waals surface area contributed by atoms with Gasteiger partial charge in [0.05, 0.1) is 23.3 Å². The summed E-state index contributed by atoms with van der Waals surface area (Å²) in [6.45, 7) is 1.98. The number of halogens is 2. The fraction of sp³-hybridized carbons (Fsp3) is 0.188. The summed E-state index contributed by atoms with van der Waals surface area (Å²) < 4.78 is 19.7. The Bertz CT molecular complexity index is 681. The van der Waals surface area contributed by atoms with Gasteiger partial charge in [0.2, 0.25) is 0 Å². The molecule has 0 amide bonds. The monoisotopic (exact) mass is 382 g/mol.